The Kier molecular flexibility index (Phi) is 2.63. The SMILES string of the molecule is N#Cc1ncn(Cc2coc(-c3cccs3)n2)n1. The molecule has 0 saturated heterocycles. The van der Waals surface area contributed by atoms with Crippen LogP contribution in [0.5, 0.6) is 0 Å². The van der Waals surface area contributed by atoms with E-state index in [-0.39, 0.29) is 5.82 Å². The summed E-state index contributed by atoms with van der Waals surface area (Å²) < 4.78 is 6.94. The minimum absolute atomic E-state index is 0.150. The molecule has 18 heavy (non-hydrogen) atoms. The van der Waals surface area contributed by atoms with E-state index >= 15 is 0 Å². The Balaban J connectivity index is 1.80. The highest BCUT2D eigenvalue weighted by Crippen LogP contribution is 2.23. The van der Waals surface area contributed by atoms with Crippen LogP contribution in [-0.4, -0.2) is 19.7 Å². The van der Waals surface area contributed by atoms with E-state index in [0.717, 1.165) is 10.6 Å². The van der Waals surface area contributed by atoms with Crippen molar-refractivity contribution in [3.63, 3.8) is 0 Å². The zero-order valence-electron chi connectivity index (χ0n) is 9.15. The van der Waals surface area contributed by atoms with Crippen molar-refractivity contribution in [2.24, 2.45) is 0 Å². The molecule has 3 heterocycles. The number of oxazole rings is 1. The van der Waals surface area contributed by atoms with Gasteiger partial charge in [0.25, 0.3) is 5.82 Å². The standard InChI is InChI=1S/C11H7N5OS/c12-4-10-13-7-16(15-10)5-8-6-17-11(14-8)9-2-1-3-18-9/h1-3,6-7H,5H2. The van der Waals surface area contributed by atoms with Crippen molar-refractivity contribution in [1.29, 1.82) is 5.26 Å². The van der Waals surface area contributed by atoms with Crippen molar-refractivity contribution in [3.8, 4) is 16.8 Å². The highest BCUT2D eigenvalue weighted by atomic mass is 32.1. The first-order chi connectivity index (χ1) is 8.85. The van der Waals surface area contributed by atoms with Gasteiger partial charge in [0.05, 0.1) is 11.4 Å². The van der Waals surface area contributed by atoms with Gasteiger partial charge in [-0.15, -0.1) is 16.4 Å². The van der Waals surface area contributed by atoms with Gasteiger partial charge in [-0.2, -0.15) is 5.26 Å². The monoisotopic (exact) mass is 257 g/mol. The maximum Gasteiger partial charge on any atom is 0.252 e. The molecule has 0 aliphatic carbocycles. The van der Waals surface area contributed by atoms with Gasteiger partial charge in [-0.1, -0.05) is 6.07 Å². The second-order valence-corrected chi connectivity index (χ2v) is 4.45. The maximum absolute atomic E-state index is 8.63. The molecule has 0 saturated carbocycles. The third-order valence-corrected chi connectivity index (χ3v) is 3.10. The van der Waals surface area contributed by atoms with Crippen molar-refractivity contribution in [2.45, 2.75) is 6.54 Å². The van der Waals surface area contributed by atoms with E-state index in [1.165, 1.54) is 6.33 Å². The lowest BCUT2D eigenvalue weighted by atomic mass is 10.4. The predicted octanol–water partition coefficient (Wildman–Crippen LogP) is 1.91. The lowest BCUT2D eigenvalue weighted by Gasteiger charge is -1.93. The number of hydrogen-bond donors (Lipinski definition) is 0. The topological polar surface area (TPSA) is 80.5 Å². The second-order valence-electron chi connectivity index (χ2n) is 3.50. The van der Waals surface area contributed by atoms with Crippen LogP contribution in [0.4, 0.5) is 0 Å². The molecule has 0 N–H and O–H groups in total. The maximum atomic E-state index is 8.63. The fourth-order valence-corrected chi connectivity index (χ4v) is 2.14. The first-order valence-corrected chi connectivity index (χ1v) is 6.01. The molecule has 0 aliphatic rings. The summed E-state index contributed by atoms with van der Waals surface area (Å²) >= 11 is 1.57. The van der Waals surface area contributed by atoms with Crippen LogP contribution in [0.3, 0.4) is 0 Å². The van der Waals surface area contributed by atoms with E-state index < -0.39 is 0 Å². The first kappa shape index (κ1) is 10.7. The third kappa shape index (κ3) is 2.01. The fourth-order valence-electron chi connectivity index (χ4n) is 1.48. The Bertz CT molecular complexity index is 691. The van der Waals surface area contributed by atoms with Crippen LogP contribution in [0.2, 0.25) is 0 Å². The number of rotatable bonds is 3. The molecular weight excluding hydrogens is 250 g/mol. The molecule has 0 radical (unpaired) electrons. The molecule has 3 aromatic rings. The summed E-state index contributed by atoms with van der Waals surface area (Å²) in [5, 5.41) is 14.6. The van der Waals surface area contributed by atoms with Crippen molar-refractivity contribution >= 4 is 11.3 Å². The minimum Gasteiger partial charge on any atom is -0.443 e. The van der Waals surface area contributed by atoms with Crippen LogP contribution in [0, 0.1) is 11.3 Å². The van der Waals surface area contributed by atoms with E-state index in [4.69, 9.17) is 9.68 Å². The molecule has 0 spiro atoms. The first-order valence-electron chi connectivity index (χ1n) is 5.13. The Hall–Kier alpha value is -2.46. The molecule has 7 heteroatoms. The summed E-state index contributed by atoms with van der Waals surface area (Å²) in [6.45, 7) is 0.434. The average molecular weight is 257 g/mol. The van der Waals surface area contributed by atoms with Crippen LogP contribution in [-0.2, 0) is 6.54 Å². The Labute approximate surface area is 106 Å². The van der Waals surface area contributed by atoms with Crippen molar-refractivity contribution in [1.82, 2.24) is 19.7 Å². The van der Waals surface area contributed by atoms with Crippen LogP contribution < -0.4 is 0 Å². The summed E-state index contributed by atoms with van der Waals surface area (Å²) in [6, 6.07) is 5.77. The summed E-state index contributed by atoms with van der Waals surface area (Å²) in [5.41, 5.74) is 0.743. The molecule has 0 fully saturated rings. The van der Waals surface area contributed by atoms with Gasteiger partial charge in [0.15, 0.2) is 0 Å². The van der Waals surface area contributed by atoms with Gasteiger partial charge in [-0.25, -0.2) is 14.6 Å². The lowest BCUT2D eigenvalue weighted by Crippen LogP contribution is -2.00. The average Bonchev–Trinajstić information content (AvgIpc) is 3.10. The molecular formula is C11H7N5OS. The zero-order chi connectivity index (χ0) is 12.4. The van der Waals surface area contributed by atoms with E-state index in [0.29, 0.717) is 12.4 Å². The van der Waals surface area contributed by atoms with E-state index in [1.807, 2.05) is 23.6 Å². The third-order valence-electron chi connectivity index (χ3n) is 2.24. The normalized spacial score (nSPS) is 10.4. The van der Waals surface area contributed by atoms with Gasteiger partial charge in [0.2, 0.25) is 5.89 Å². The Morgan fingerprint density at radius 2 is 2.44 bits per heavy atom. The number of hydrogen-bond acceptors (Lipinski definition) is 6. The largest absolute Gasteiger partial charge is 0.443 e. The summed E-state index contributed by atoms with van der Waals surface area (Å²) in [7, 11) is 0. The molecule has 0 amide bonds. The molecule has 3 rings (SSSR count). The van der Waals surface area contributed by atoms with Gasteiger partial charge in [0, 0.05) is 0 Å². The van der Waals surface area contributed by atoms with Gasteiger partial charge in [0.1, 0.15) is 24.4 Å². The van der Waals surface area contributed by atoms with Crippen LogP contribution in [0.15, 0.2) is 34.5 Å². The molecule has 3 aromatic heterocycles. The molecule has 0 aromatic carbocycles. The van der Waals surface area contributed by atoms with Gasteiger partial charge < -0.3 is 4.42 Å². The highest BCUT2D eigenvalue weighted by Gasteiger charge is 2.08. The van der Waals surface area contributed by atoms with Gasteiger partial charge in [-0.05, 0) is 11.4 Å². The van der Waals surface area contributed by atoms with Crippen molar-refractivity contribution in [2.75, 3.05) is 0 Å². The molecule has 0 unspecified atom stereocenters. The quantitative estimate of drug-likeness (QED) is 0.716. The molecule has 6 nitrogen and oxygen atoms in total. The number of thiophene rings is 1. The summed E-state index contributed by atoms with van der Waals surface area (Å²) in [4.78, 5) is 9.16. The fraction of sp³-hybridized carbons (Fsp3) is 0.0909. The Morgan fingerprint density at radius 3 is 3.17 bits per heavy atom. The van der Waals surface area contributed by atoms with E-state index in [1.54, 1.807) is 22.3 Å². The van der Waals surface area contributed by atoms with Crippen LogP contribution in [0.25, 0.3) is 10.8 Å². The number of aromatic nitrogens is 4. The highest BCUT2D eigenvalue weighted by molar-refractivity contribution is 7.13. The van der Waals surface area contributed by atoms with Crippen molar-refractivity contribution < 1.29 is 4.42 Å². The number of nitriles is 1. The van der Waals surface area contributed by atoms with Crippen LogP contribution >= 0.6 is 11.3 Å². The predicted molar refractivity (Wildman–Crippen MR) is 63.7 cm³/mol. The second kappa shape index (κ2) is 4.43. The summed E-state index contributed by atoms with van der Waals surface area (Å²) in [5.74, 6) is 0.748. The smallest absolute Gasteiger partial charge is 0.252 e. The van der Waals surface area contributed by atoms with E-state index in [9.17, 15) is 0 Å². The summed E-state index contributed by atoms with van der Waals surface area (Å²) in [6.07, 6.45) is 3.08. The molecule has 0 bridgehead atoms. The van der Waals surface area contributed by atoms with Gasteiger partial charge in [-0.3, -0.25) is 0 Å². The van der Waals surface area contributed by atoms with Gasteiger partial charge >= 0.3 is 0 Å². The van der Waals surface area contributed by atoms with E-state index in [2.05, 4.69) is 15.1 Å². The molecule has 0 atom stereocenters. The lowest BCUT2D eigenvalue weighted by molar-refractivity contribution is 0.571. The molecule has 88 valence electrons. The minimum atomic E-state index is 0.150. The number of nitrogens with zero attached hydrogens (tertiary/aromatic N) is 5. The van der Waals surface area contributed by atoms with Crippen molar-refractivity contribution in [3.05, 3.63) is 41.6 Å². The zero-order valence-corrected chi connectivity index (χ0v) is 9.96. The van der Waals surface area contributed by atoms with Crippen LogP contribution in [0.1, 0.15) is 11.5 Å². The molecule has 0 aliphatic heterocycles. The Morgan fingerprint density at radius 1 is 1.50 bits per heavy atom.